The van der Waals surface area contributed by atoms with Gasteiger partial charge in [-0.1, -0.05) is 6.07 Å². The molecule has 2 aliphatic rings. The van der Waals surface area contributed by atoms with Gasteiger partial charge in [0.15, 0.2) is 0 Å². The van der Waals surface area contributed by atoms with Crippen molar-refractivity contribution in [1.82, 2.24) is 0 Å². The fraction of sp³-hybridized carbons (Fsp3) is 0.600. The van der Waals surface area contributed by atoms with Gasteiger partial charge in [0.05, 0.1) is 11.0 Å². The highest BCUT2D eigenvalue weighted by atomic mass is 79.9. The number of quaternary nitrogens is 2. The van der Waals surface area contributed by atoms with Crippen LogP contribution >= 0.6 is 15.9 Å². The van der Waals surface area contributed by atoms with Gasteiger partial charge >= 0.3 is 0 Å². The third-order valence-corrected chi connectivity index (χ3v) is 5.58. The molecule has 4 atom stereocenters. The third kappa shape index (κ3) is 2.71. The number of piperazine rings is 1. The molecule has 2 fully saturated rings. The molecule has 4 heteroatoms. The van der Waals surface area contributed by atoms with E-state index in [1.807, 2.05) is 17.0 Å². The summed E-state index contributed by atoms with van der Waals surface area (Å²) in [5, 5.41) is 0. The molecule has 104 valence electrons. The molecule has 2 aliphatic heterocycles. The van der Waals surface area contributed by atoms with Crippen molar-refractivity contribution in [2.24, 2.45) is 0 Å². The average molecular weight is 329 g/mol. The van der Waals surface area contributed by atoms with Gasteiger partial charge in [0.1, 0.15) is 37.5 Å². The number of halogens is 2. The lowest BCUT2D eigenvalue weighted by Crippen LogP contribution is -3.31. The van der Waals surface area contributed by atoms with E-state index in [2.05, 4.69) is 22.9 Å². The number of hydrogen-bond donors (Lipinski definition) is 2. The molecule has 2 N–H and O–H groups in total. The van der Waals surface area contributed by atoms with E-state index in [1.54, 1.807) is 11.0 Å². The number of benzene rings is 1. The van der Waals surface area contributed by atoms with Crippen LogP contribution in [0.15, 0.2) is 22.7 Å². The molecule has 0 amide bonds. The number of nitrogens with one attached hydrogen (secondary N) is 2. The summed E-state index contributed by atoms with van der Waals surface area (Å²) in [5.41, 5.74) is 1.23. The lowest BCUT2D eigenvalue weighted by molar-refractivity contribution is -1.05. The standard InChI is InChI=1S/C15H20BrFN2/c1-11-15-3-2-6-18(15)7-8-19(11)10-12-4-5-14(17)13(16)9-12/h4-5,9,11,15H,2-3,6-8,10H2,1H3/p+2/t11-,15-/m1/s1. The second-order valence-corrected chi connectivity index (χ2v) is 6.88. The molecule has 0 spiro atoms. The van der Waals surface area contributed by atoms with E-state index in [9.17, 15) is 4.39 Å². The minimum atomic E-state index is -0.170. The smallest absolute Gasteiger partial charge is 0.140 e. The van der Waals surface area contributed by atoms with Crippen LogP contribution in [0.1, 0.15) is 25.3 Å². The Labute approximate surface area is 122 Å². The van der Waals surface area contributed by atoms with Crippen molar-refractivity contribution in [2.45, 2.75) is 38.4 Å². The molecule has 2 heterocycles. The van der Waals surface area contributed by atoms with Crippen LogP contribution in [0.2, 0.25) is 0 Å². The summed E-state index contributed by atoms with van der Waals surface area (Å²) in [6.45, 7) is 7.31. The van der Waals surface area contributed by atoms with E-state index >= 15 is 0 Å². The molecular weight excluding hydrogens is 307 g/mol. The highest BCUT2D eigenvalue weighted by Crippen LogP contribution is 2.16. The molecule has 1 aromatic rings. The fourth-order valence-electron chi connectivity index (χ4n) is 3.85. The summed E-state index contributed by atoms with van der Waals surface area (Å²) in [6.07, 6.45) is 2.77. The van der Waals surface area contributed by atoms with E-state index in [-0.39, 0.29) is 5.82 Å². The first-order valence-corrected chi connectivity index (χ1v) is 8.07. The molecule has 0 radical (unpaired) electrons. The molecule has 2 unspecified atom stereocenters. The minimum Gasteiger partial charge on any atom is -0.323 e. The van der Waals surface area contributed by atoms with Crippen LogP contribution in [0.25, 0.3) is 0 Å². The Bertz CT molecular complexity index is 465. The van der Waals surface area contributed by atoms with Gasteiger partial charge in [-0.3, -0.25) is 0 Å². The Morgan fingerprint density at radius 3 is 2.95 bits per heavy atom. The summed E-state index contributed by atoms with van der Waals surface area (Å²) in [5.74, 6) is -0.170. The topological polar surface area (TPSA) is 8.88 Å². The van der Waals surface area contributed by atoms with Crippen molar-refractivity contribution >= 4 is 15.9 Å². The van der Waals surface area contributed by atoms with Crippen LogP contribution in [-0.4, -0.2) is 31.7 Å². The predicted octanol–water partition coefficient (Wildman–Crippen LogP) is 0.423. The van der Waals surface area contributed by atoms with E-state index in [4.69, 9.17) is 0 Å². The maximum absolute atomic E-state index is 13.3. The minimum absolute atomic E-state index is 0.170. The molecule has 2 nitrogen and oxygen atoms in total. The maximum Gasteiger partial charge on any atom is 0.140 e. The van der Waals surface area contributed by atoms with Gasteiger partial charge < -0.3 is 9.80 Å². The van der Waals surface area contributed by atoms with E-state index < -0.39 is 0 Å². The zero-order chi connectivity index (χ0) is 13.4. The summed E-state index contributed by atoms with van der Waals surface area (Å²) in [6, 6.07) is 6.99. The van der Waals surface area contributed by atoms with Gasteiger partial charge in [-0.15, -0.1) is 0 Å². The van der Waals surface area contributed by atoms with Crippen LogP contribution in [0.3, 0.4) is 0 Å². The quantitative estimate of drug-likeness (QED) is 0.778. The van der Waals surface area contributed by atoms with Gasteiger partial charge in [-0.2, -0.15) is 0 Å². The van der Waals surface area contributed by atoms with Crippen molar-refractivity contribution in [3.63, 3.8) is 0 Å². The summed E-state index contributed by atoms with van der Waals surface area (Å²) in [7, 11) is 0. The molecule has 0 saturated carbocycles. The van der Waals surface area contributed by atoms with Crippen LogP contribution in [-0.2, 0) is 6.54 Å². The van der Waals surface area contributed by atoms with Crippen LogP contribution in [0, 0.1) is 5.82 Å². The predicted molar refractivity (Wildman–Crippen MR) is 76.8 cm³/mol. The Morgan fingerprint density at radius 1 is 1.32 bits per heavy atom. The molecule has 19 heavy (non-hydrogen) atoms. The first-order chi connectivity index (χ1) is 9.15. The molecule has 0 bridgehead atoms. The Balaban J connectivity index is 1.70. The van der Waals surface area contributed by atoms with Crippen LogP contribution in [0.5, 0.6) is 0 Å². The molecule has 0 aromatic heterocycles. The van der Waals surface area contributed by atoms with Crippen molar-refractivity contribution in [1.29, 1.82) is 0 Å². The lowest BCUT2D eigenvalue weighted by atomic mass is 10.0. The average Bonchev–Trinajstić information content (AvgIpc) is 2.86. The molecule has 3 rings (SSSR count). The lowest BCUT2D eigenvalue weighted by Gasteiger charge is -2.37. The normalized spacial score (nSPS) is 34.3. The monoisotopic (exact) mass is 328 g/mol. The highest BCUT2D eigenvalue weighted by molar-refractivity contribution is 9.10. The molecule has 0 aliphatic carbocycles. The number of fused-ring (bicyclic) bond motifs is 1. The van der Waals surface area contributed by atoms with Crippen molar-refractivity contribution in [3.8, 4) is 0 Å². The van der Waals surface area contributed by atoms with Gasteiger partial charge in [0.25, 0.3) is 0 Å². The Hall–Kier alpha value is -0.450. The first kappa shape index (κ1) is 13.5. The third-order valence-electron chi connectivity index (χ3n) is 4.97. The second-order valence-electron chi connectivity index (χ2n) is 6.03. The van der Waals surface area contributed by atoms with Gasteiger partial charge in [0, 0.05) is 18.4 Å². The van der Waals surface area contributed by atoms with Crippen molar-refractivity contribution in [3.05, 3.63) is 34.1 Å². The summed E-state index contributed by atoms with van der Waals surface area (Å²) >= 11 is 3.28. The zero-order valence-corrected chi connectivity index (χ0v) is 13.0. The summed E-state index contributed by atoms with van der Waals surface area (Å²) < 4.78 is 13.9. The molecule has 2 saturated heterocycles. The number of rotatable bonds is 2. The zero-order valence-electron chi connectivity index (χ0n) is 11.4. The first-order valence-electron chi connectivity index (χ1n) is 7.28. The van der Waals surface area contributed by atoms with Crippen molar-refractivity contribution < 1.29 is 14.2 Å². The van der Waals surface area contributed by atoms with Gasteiger partial charge in [-0.25, -0.2) is 4.39 Å². The fourth-order valence-corrected chi connectivity index (χ4v) is 4.27. The second kappa shape index (κ2) is 5.51. The Morgan fingerprint density at radius 2 is 2.16 bits per heavy atom. The molecule has 1 aromatic carbocycles. The van der Waals surface area contributed by atoms with E-state index in [1.165, 1.54) is 38.0 Å². The van der Waals surface area contributed by atoms with Crippen molar-refractivity contribution in [2.75, 3.05) is 19.6 Å². The van der Waals surface area contributed by atoms with E-state index in [0.29, 0.717) is 4.47 Å². The van der Waals surface area contributed by atoms with Crippen LogP contribution in [0.4, 0.5) is 4.39 Å². The van der Waals surface area contributed by atoms with Crippen LogP contribution < -0.4 is 9.80 Å². The van der Waals surface area contributed by atoms with E-state index in [0.717, 1.165) is 18.6 Å². The molecular formula is C15H22BrFN2+2. The van der Waals surface area contributed by atoms with Gasteiger partial charge in [-0.05, 0) is 35.0 Å². The summed E-state index contributed by atoms with van der Waals surface area (Å²) in [4.78, 5) is 3.48. The highest BCUT2D eigenvalue weighted by Gasteiger charge is 2.42. The SMILES string of the molecule is C[C@@H]1[C@H]2CCC[NH+]2CC[NH+]1Cc1ccc(F)c(Br)c1. The van der Waals surface area contributed by atoms with Gasteiger partial charge in [0.2, 0.25) is 0 Å². The Kier molecular flexibility index (Phi) is 3.92. The number of hydrogen-bond acceptors (Lipinski definition) is 0. The maximum atomic E-state index is 13.3. The largest absolute Gasteiger partial charge is 0.323 e.